The first kappa shape index (κ1) is 22.5. The molecule has 1 aromatic heterocycles. The number of pyridine rings is 1. The van der Waals surface area contributed by atoms with Crippen molar-refractivity contribution in [2.45, 2.75) is 19.4 Å². The average Bonchev–Trinajstić information content (AvgIpc) is 2.79. The number of methoxy groups -OCH3 is 4. The second kappa shape index (κ2) is 9.62. The number of carbonyl (C=O) groups is 4. The summed E-state index contributed by atoms with van der Waals surface area (Å²) in [5.74, 6) is 0. The van der Waals surface area contributed by atoms with Crippen LogP contribution in [0.4, 0.5) is 24.9 Å². The fourth-order valence-electron chi connectivity index (χ4n) is 2.83. The van der Waals surface area contributed by atoms with Gasteiger partial charge in [0.15, 0.2) is 0 Å². The third kappa shape index (κ3) is 4.29. The second-order valence-electron chi connectivity index (χ2n) is 5.89. The molecule has 2 heterocycles. The molecule has 1 atom stereocenters. The zero-order valence-corrected chi connectivity index (χ0v) is 17.2. The van der Waals surface area contributed by atoms with Gasteiger partial charge in [-0.15, -0.1) is 0 Å². The third-order valence-electron chi connectivity index (χ3n) is 4.31. The lowest BCUT2D eigenvalue weighted by molar-refractivity contribution is 0.0444. The largest absolute Gasteiger partial charge is 0.452 e. The summed E-state index contributed by atoms with van der Waals surface area (Å²) in [5.41, 5.74) is 3.36. The van der Waals surface area contributed by atoms with Gasteiger partial charge < -0.3 is 18.9 Å². The van der Waals surface area contributed by atoms with Crippen LogP contribution in [0.3, 0.4) is 0 Å². The normalized spacial score (nSPS) is 14.9. The average molecular weight is 425 g/mol. The molecule has 0 spiro atoms. The number of anilines is 1. The van der Waals surface area contributed by atoms with Crippen LogP contribution in [0.25, 0.3) is 0 Å². The van der Waals surface area contributed by atoms with E-state index in [-0.39, 0.29) is 17.9 Å². The van der Waals surface area contributed by atoms with Gasteiger partial charge in [0.05, 0.1) is 46.4 Å². The molecule has 13 nitrogen and oxygen atoms in total. The Hall–Kier alpha value is -3.77. The molecule has 0 aromatic carbocycles. The van der Waals surface area contributed by atoms with Gasteiger partial charge in [0, 0.05) is 6.20 Å². The second-order valence-corrected chi connectivity index (χ2v) is 5.89. The summed E-state index contributed by atoms with van der Waals surface area (Å²) in [6, 6.07) is 0.576. The van der Waals surface area contributed by atoms with Crippen LogP contribution in [-0.2, 0) is 25.4 Å². The molecule has 13 heteroatoms. The van der Waals surface area contributed by atoms with E-state index < -0.39 is 30.4 Å². The highest BCUT2D eigenvalue weighted by molar-refractivity contribution is 5.92. The van der Waals surface area contributed by atoms with Crippen molar-refractivity contribution >= 4 is 30.1 Å². The predicted molar refractivity (Wildman–Crippen MR) is 100 cm³/mol. The maximum absolute atomic E-state index is 12.5. The number of nitrogens with zero attached hydrogens (tertiary/aromatic N) is 4. The quantitative estimate of drug-likeness (QED) is 0.552. The van der Waals surface area contributed by atoms with E-state index in [4.69, 9.17) is 14.2 Å². The lowest BCUT2D eigenvalue weighted by Gasteiger charge is -2.42. The molecule has 30 heavy (non-hydrogen) atoms. The van der Waals surface area contributed by atoms with Gasteiger partial charge in [-0.2, -0.15) is 5.01 Å². The van der Waals surface area contributed by atoms with Gasteiger partial charge in [0.1, 0.15) is 6.04 Å². The molecule has 1 unspecified atom stereocenters. The molecule has 0 radical (unpaired) electrons. The Morgan fingerprint density at radius 3 is 2.30 bits per heavy atom. The van der Waals surface area contributed by atoms with Crippen molar-refractivity contribution < 1.29 is 38.1 Å². The van der Waals surface area contributed by atoms with Crippen LogP contribution >= 0.6 is 0 Å². The van der Waals surface area contributed by atoms with E-state index in [0.717, 1.165) is 49.0 Å². The molecule has 4 amide bonds. The van der Waals surface area contributed by atoms with Crippen LogP contribution in [0.15, 0.2) is 12.3 Å². The van der Waals surface area contributed by atoms with Crippen molar-refractivity contribution in [1.82, 2.24) is 20.4 Å². The van der Waals surface area contributed by atoms with Crippen LogP contribution in [0.5, 0.6) is 0 Å². The number of carbonyl (C=O) groups excluding carboxylic acids is 4. The molecular weight excluding hydrogens is 402 g/mol. The fourth-order valence-corrected chi connectivity index (χ4v) is 2.83. The molecule has 0 saturated carbocycles. The Labute approximate surface area is 172 Å². The molecule has 0 bridgehead atoms. The molecule has 2 rings (SSSR count). The zero-order chi connectivity index (χ0) is 22.4. The zero-order valence-electron chi connectivity index (χ0n) is 17.2. The fraction of sp³-hybridized carbons (Fsp3) is 0.471. The summed E-state index contributed by atoms with van der Waals surface area (Å²) in [5, 5.41) is 2.69. The number of nitrogens with one attached hydrogen (secondary N) is 1. The van der Waals surface area contributed by atoms with Gasteiger partial charge >= 0.3 is 24.4 Å². The topological polar surface area (TPSA) is 140 Å². The van der Waals surface area contributed by atoms with Crippen molar-refractivity contribution in [3.05, 3.63) is 23.5 Å². The van der Waals surface area contributed by atoms with Crippen LogP contribution in [0, 0.1) is 0 Å². The number of aryl methyl sites for hydroxylation is 1. The Morgan fingerprint density at radius 1 is 1.10 bits per heavy atom. The Morgan fingerprint density at radius 2 is 1.77 bits per heavy atom. The van der Waals surface area contributed by atoms with E-state index >= 15 is 0 Å². The van der Waals surface area contributed by atoms with Crippen LogP contribution in [0.2, 0.25) is 0 Å². The first-order valence-corrected chi connectivity index (χ1v) is 8.76. The Balaban J connectivity index is 2.68. The number of hydrogen-bond acceptors (Lipinski definition) is 9. The van der Waals surface area contributed by atoms with Gasteiger partial charge in [0.25, 0.3) is 0 Å². The Kier molecular flexibility index (Phi) is 7.22. The smallest absolute Gasteiger partial charge is 0.433 e. The van der Waals surface area contributed by atoms with Gasteiger partial charge in [-0.25, -0.2) is 34.6 Å². The van der Waals surface area contributed by atoms with Crippen molar-refractivity contribution in [2.75, 3.05) is 40.0 Å². The summed E-state index contributed by atoms with van der Waals surface area (Å²) < 4.78 is 18.9. The predicted octanol–water partition coefficient (Wildman–Crippen LogP) is 1.59. The molecule has 0 aliphatic carbocycles. The van der Waals surface area contributed by atoms with E-state index in [1.54, 1.807) is 12.3 Å². The highest BCUT2D eigenvalue weighted by Crippen LogP contribution is 2.36. The lowest BCUT2D eigenvalue weighted by Crippen LogP contribution is -2.60. The highest BCUT2D eigenvalue weighted by Gasteiger charge is 2.44. The van der Waals surface area contributed by atoms with Crippen molar-refractivity contribution in [2.24, 2.45) is 0 Å². The maximum atomic E-state index is 12.5. The minimum absolute atomic E-state index is 0.170. The van der Waals surface area contributed by atoms with Crippen LogP contribution < -0.4 is 10.4 Å². The third-order valence-corrected chi connectivity index (χ3v) is 4.31. The standard InChI is InChI=1S/C17H23N5O8/c1-6-10-7-11-13(18-8-10)12(21(16(25)29-4)19-14(23)27-2)9-20(15(24)28-3)22(11)17(26)30-5/h7-8,12H,6,9H2,1-5H3,(H,19,23). The summed E-state index contributed by atoms with van der Waals surface area (Å²) in [7, 11) is 4.52. The van der Waals surface area contributed by atoms with E-state index in [1.807, 2.05) is 6.92 Å². The van der Waals surface area contributed by atoms with Gasteiger partial charge in [-0.05, 0) is 18.1 Å². The molecule has 1 N–H and O–H groups in total. The molecule has 1 aliphatic heterocycles. The molecule has 0 fully saturated rings. The minimum Gasteiger partial charge on any atom is -0.452 e. The van der Waals surface area contributed by atoms with Crippen LogP contribution in [0.1, 0.15) is 24.2 Å². The Bertz CT molecular complexity index is 832. The molecule has 0 saturated heterocycles. The van der Waals surface area contributed by atoms with Crippen molar-refractivity contribution in [3.63, 3.8) is 0 Å². The number of hydrogen-bond donors (Lipinski definition) is 1. The van der Waals surface area contributed by atoms with Crippen molar-refractivity contribution in [3.8, 4) is 0 Å². The number of rotatable bonds is 2. The van der Waals surface area contributed by atoms with E-state index in [9.17, 15) is 19.2 Å². The van der Waals surface area contributed by atoms with E-state index in [2.05, 4.69) is 15.1 Å². The highest BCUT2D eigenvalue weighted by atomic mass is 16.6. The molecule has 1 aromatic rings. The number of fused-ring (bicyclic) bond motifs is 1. The van der Waals surface area contributed by atoms with E-state index in [1.165, 1.54) is 0 Å². The van der Waals surface area contributed by atoms with E-state index in [0.29, 0.717) is 6.42 Å². The molecular formula is C17H23N5O8. The lowest BCUT2D eigenvalue weighted by atomic mass is 10.1. The first-order chi connectivity index (χ1) is 14.3. The maximum Gasteiger partial charge on any atom is 0.433 e. The van der Waals surface area contributed by atoms with Crippen LogP contribution in [-0.4, -0.2) is 74.4 Å². The molecule has 164 valence electrons. The first-order valence-electron chi connectivity index (χ1n) is 8.76. The summed E-state index contributed by atoms with van der Waals surface area (Å²) >= 11 is 0. The van der Waals surface area contributed by atoms with Gasteiger partial charge in [0.2, 0.25) is 0 Å². The number of ether oxygens (including phenoxy) is 4. The minimum atomic E-state index is -1.04. The SMILES string of the molecule is CCc1cnc2c(c1)N(C(=O)OC)N(C(=O)OC)CC2N(NC(=O)OC)C(=O)OC. The summed E-state index contributed by atoms with van der Waals surface area (Å²) in [6.45, 7) is 1.57. The number of hydrazine groups is 2. The monoisotopic (exact) mass is 425 g/mol. The molecule has 1 aliphatic rings. The number of aromatic nitrogens is 1. The summed E-state index contributed by atoms with van der Waals surface area (Å²) in [4.78, 5) is 53.5. The number of amides is 4. The van der Waals surface area contributed by atoms with Crippen molar-refractivity contribution in [1.29, 1.82) is 0 Å². The summed E-state index contributed by atoms with van der Waals surface area (Å²) in [6.07, 6.45) is -1.54. The van der Waals surface area contributed by atoms with Gasteiger partial charge in [-0.1, -0.05) is 6.92 Å². The van der Waals surface area contributed by atoms with Gasteiger partial charge in [-0.3, -0.25) is 4.98 Å².